The van der Waals surface area contributed by atoms with Crippen LogP contribution in [0.2, 0.25) is 0 Å². The van der Waals surface area contributed by atoms with Gasteiger partial charge in [0.25, 0.3) is 0 Å². The molecule has 4 nitrogen and oxygen atoms in total. The fraction of sp³-hybridized carbons (Fsp3) is 0. The molecule has 246 valence electrons. The maximum Gasteiger partial charge on any atom is 0.164 e. The van der Waals surface area contributed by atoms with E-state index in [4.69, 9.17) is 15.0 Å². The highest BCUT2D eigenvalue weighted by Crippen LogP contribution is 2.38. The van der Waals surface area contributed by atoms with Crippen molar-refractivity contribution in [2.45, 2.75) is 0 Å². The molecule has 0 atom stereocenters. The summed E-state index contributed by atoms with van der Waals surface area (Å²) in [6.45, 7) is 0. The van der Waals surface area contributed by atoms with Gasteiger partial charge < -0.3 is 4.57 Å². The van der Waals surface area contributed by atoms with Crippen LogP contribution in [0.25, 0.3) is 105 Å². The molecule has 2 heterocycles. The van der Waals surface area contributed by atoms with E-state index >= 15 is 0 Å². The summed E-state index contributed by atoms with van der Waals surface area (Å²) in [6, 6.07) is 64.5. The van der Waals surface area contributed by atoms with Gasteiger partial charge >= 0.3 is 0 Å². The molecular weight excluding hydrogens is 645 g/mol. The average Bonchev–Trinajstić information content (AvgIpc) is 3.58. The van der Waals surface area contributed by atoms with Gasteiger partial charge in [-0.2, -0.15) is 0 Å². The SMILES string of the molecule is c1ccc(-c2nc(-c3ccc(-n4c5ccccc5c5c6ccccc6ccc54)cc3)nc(-c3ccc4ccc5ccc6ccccc6c5c4c3)n2)cc1. The van der Waals surface area contributed by atoms with Crippen LogP contribution in [0, 0.1) is 0 Å². The van der Waals surface area contributed by atoms with Crippen LogP contribution in [-0.4, -0.2) is 19.5 Å². The first-order valence-electron chi connectivity index (χ1n) is 17.9. The Kier molecular flexibility index (Phi) is 6.52. The minimum absolute atomic E-state index is 0.636. The number of hydrogen-bond acceptors (Lipinski definition) is 3. The molecule has 0 amide bonds. The zero-order valence-electron chi connectivity index (χ0n) is 28.6. The third-order valence-corrected chi connectivity index (χ3v) is 10.6. The molecule has 0 saturated carbocycles. The Hall–Kier alpha value is -7.17. The maximum atomic E-state index is 5.15. The van der Waals surface area contributed by atoms with Gasteiger partial charge in [-0.3, -0.25) is 0 Å². The molecule has 11 aromatic rings. The van der Waals surface area contributed by atoms with Crippen LogP contribution >= 0.6 is 0 Å². The van der Waals surface area contributed by atoms with Crippen LogP contribution in [0.1, 0.15) is 0 Å². The van der Waals surface area contributed by atoms with E-state index in [1.54, 1.807) is 0 Å². The second-order valence-electron chi connectivity index (χ2n) is 13.6. The average molecular weight is 675 g/mol. The smallest absolute Gasteiger partial charge is 0.164 e. The largest absolute Gasteiger partial charge is 0.309 e. The van der Waals surface area contributed by atoms with Crippen LogP contribution in [0.5, 0.6) is 0 Å². The number of hydrogen-bond donors (Lipinski definition) is 0. The van der Waals surface area contributed by atoms with E-state index in [0.29, 0.717) is 17.5 Å². The van der Waals surface area contributed by atoms with Crippen molar-refractivity contribution >= 4 is 64.9 Å². The molecule has 0 spiro atoms. The van der Waals surface area contributed by atoms with Gasteiger partial charge in [-0.1, -0.05) is 140 Å². The topological polar surface area (TPSA) is 43.6 Å². The molecule has 2 aromatic heterocycles. The maximum absolute atomic E-state index is 5.15. The lowest BCUT2D eigenvalue weighted by Crippen LogP contribution is -2.00. The second-order valence-corrected chi connectivity index (χ2v) is 13.6. The van der Waals surface area contributed by atoms with E-state index in [1.807, 2.05) is 18.2 Å². The van der Waals surface area contributed by atoms with Gasteiger partial charge in [-0.15, -0.1) is 0 Å². The van der Waals surface area contributed by atoms with E-state index in [9.17, 15) is 0 Å². The quantitative estimate of drug-likeness (QED) is 0.175. The Morgan fingerprint density at radius 1 is 0.302 bits per heavy atom. The lowest BCUT2D eigenvalue weighted by atomic mass is 9.95. The van der Waals surface area contributed by atoms with E-state index in [0.717, 1.165) is 22.4 Å². The van der Waals surface area contributed by atoms with Crippen molar-refractivity contribution < 1.29 is 0 Å². The molecule has 0 fully saturated rings. The number of nitrogens with zero attached hydrogens (tertiary/aromatic N) is 4. The van der Waals surface area contributed by atoms with Gasteiger partial charge in [0.05, 0.1) is 11.0 Å². The van der Waals surface area contributed by atoms with Gasteiger partial charge in [0.2, 0.25) is 0 Å². The van der Waals surface area contributed by atoms with Crippen molar-refractivity contribution in [1.82, 2.24) is 19.5 Å². The highest BCUT2D eigenvalue weighted by atomic mass is 15.0. The Bertz CT molecular complexity index is 3210. The lowest BCUT2D eigenvalue weighted by molar-refractivity contribution is 1.07. The summed E-state index contributed by atoms with van der Waals surface area (Å²) in [5.74, 6) is 1.93. The predicted octanol–water partition coefficient (Wildman–Crippen LogP) is 12.6. The molecule has 0 aliphatic heterocycles. The summed E-state index contributed by atoms with van der Waals surface area (Å²) in [6.07, 6.45) is 0. The van der Waals surface area contributed by atoms with Gasteiger partial charge in [0, 0.05) is 33.2 Å². The monoisotopic (exact) mass is 674 g/mol. The van der Waals surface area contributed by atoms with Crippen LogP contribution < -0.4 is 0 Å². The van der Waals surface area contributed by atoms with Gasteiger partial charge in [-0.05, 0) is 85.6 Å². The molecule has 0 aliphatic rings. The molecule has 0 N–H and O–H groups in total. The van der Waals surface area contributed by atoms with Crippen LogP contribution in [-0.2, 0) is 0 Å². The first kappa shape index (κ1) is 29.5. The predicted molar refractivity (Wildman–Crippen MR) is 220 cm³/mol. The summed E-state index contributed by atoms with van der Waals surface area (Å²) < 4.78 is 2.36. The summed E-state index contributed by atoms with van der Waals surface area (Å²) in [5, 5.41) is 12.3. The van der Waals surface area contributed by atoms with Crippen molar-refractivity contribution in [3.8, 4) is 39.9 Å². The van der Waals surface area contributed by atoms with Gasteiger partial charge in [0.1, 0.15) is 0 Å². The van der Waals surface area contributed by atoms with Gasteiger partial charge in [-0.25, -0.2) is 15.0 Å². The Balaban J connectivity index is 1.08. The first-order chi connectivity index (χ1) is 26.3. The zero-order chi connectivity index (χ0) is 34.9. The van der Waals surface area contributed by atoms with Crippen LogP contribution in [0.15, 0.2) is 182 Å². The second kappa shape index (κ2) is 11.7. The molecule has 0 saturated heterocycles. The van der Waals surface area contributed by atoms with E-state index in [1.165, 1.54) is 64.9 Å². The van der Waals surface area contributed by atoms with Gasteiger partial charge in [0.15, 0.2) is 17.5 Å². The summed E-state index contributed by atoms with van der Waals surface area (Å²) >= 11 is 0. The lowest BCUT2D eigenvalue weighted by Gasteiger charge is -2.12. The van der Waals surface area contributed by atoms with E-state index in [-0.39, 0.29) is 0 Å². The van der Waals surface area contributed by atoms with Crippen LogP contribution in [0.3, 0.4) is 0 Å². The number of fused-ring (bicyclic) bond motifs is 10. The molecule has 9 aromatic carbocycles. The molecule has 4 heteroatoms. The highest BCUT2D eigenvalue weighted by molar-refractivity contribution is 6.22. The Labute approximate surface area is 305 Å². The molecule has 0 radical (unpaired) electrons. The van der Waals surface area contributed by atoms with E-state index in [2.05, 4.69) is 168 Å². The number of rotatable bonds is 4. The van der Waals surface area contributed by atoms with Crippen molar-refractivity contribution in [2.24, 2.45) is 0 Å². The Morgan fingerprint density at radius 3 is 1.51 bits per heavy atom. The van der Waals surface area contributed by atoms with Crippen molar-refractivity contribution in [1.29, 1.82) is 0 Å². The molecule has 11 rings (SSSR count). The summed E-state index contributed by atoms with van der Waals surface area (Å²) in [5.41, 5.74) is 6.27. The third-order valence-electron chi connectivity index (χ3n) is 10.6. The molecule has 0 unspecified atom stereocenters. The Morgan fingerprint density at radius 2 is 0.792 bits per heavy atom. The number of benzene rings is 9. The number of para-hydroxylation sites is 1. The minimum atomic E-state index is 0.636. The standard InChI is InChI=1S/C49H30N4/c1-2-12-35(13-3-1)47-50-48(52-49(51-47)37-23-20-33-19-22-34-21-18-31-10-4-6-14-39(31)45(34)42(33)30-37)36-24-27-38(28-25-36)53-43-17-9-8-16-41(43)46-40-15-7-5-11-32(40)26-29-44(46)53/h1-30H. The molecular formula is C49H30N4. The summed E-state index contributed by atoms with van der Waals surface area (Å²) in [7, 11) is 0. The summed E-state index contributed by atoms with van der Waals surface area (Å²) in [4.78, 5) is 15.3. The third kappa shape index (κ3) is 4.73. The van der Waals surface area contributed by atoms with Crippen molar-refractivity contribution in [2.75, 3.05) is 0 Å². The van der Waals surface area contributed by atoms with E-state index < -0.39 is 0 Å². The fourth-order valence-electron chi connectivity index (χ4n) is 8.09. The number of aromatic nitrogens is 4. The highest BCUT2D eigenvalue weighted by Gasteiger charge is 2.17. The minimum Gasteiger partial charge on any atom is -0.309 e. The molecule has 0 bridgehead atoms. The molecule has 53 heavy (non-hydrogen) atoms. The normalized spacial score (nSPS) is 11.8. The zero-order valence-corrected chi connectivity index (χ0v) is 28.6. The first-order valence-corrected chi connectivity index (χ1v) is 17.9. The molecule has 0 aliphatic carbocycles. The van der Waals surface area contributed by atoms with Crippen LogP contribution in [0.4, 0.5) is 0 Å². The van der Waals surface area contributed by atoms with Crippen molar-refractivity contribution in [3.05, 3.63) is 182 Å². The fourth-order valence-corrected chi connectivity index (χ4v) is 8.09. The van der Waals surface area contributed by atoms with Crippen molar-refractivity contribution in [3.63, 3.8) is 0 Å².